The minimum absolute atomic E-state index is 0.148. The second-order valence-corrected chi connectivity index (χ2v) is 7.81. The van der Waals surface area contributed by atoms with E-state index in [1.807, 2.05) is 32.0 Å². The summed E-state index contributed by atoms with van der Waals surface area (Å²) in [5.74, 6) is 0.360. The number of aryl methyl sites for hydroxylation is 2. The molecule has 33 heavy (non-hydrogen) atoms. The molecule has 1 aromatic heterocycles. The summed E-state index contributed by atoms with van der Waals surface area (Å²) in [5, 5.41) is 3.17. The predicted molar refractivity (Wildman–Crippen MR) is 126 cm³/mol. The Morgan fingerprint density at radius 1 is 0.909 bits per heavy atom. The van der Waals surface area contributed by atoms with Gasteiger partial charge in [0.1, 0.15) is 17.2 Å². The van der Waals surface area contributed by atoms with Crippen molar-refractivity contribution >= 4 is 23.1 Å². The van der Waals surface area contributed by atoms with E-state index in [1.165, 1.54) is 4.90 Å². The minimum Gasteiger partial charge on any atom is -0.497 e. The van der Waals surface area contributed by atoms with E-state index in [1.54, 1.807) is 56.9 Å². The third kappa shape index (κ3) is 4.30. The molecule has 2 aromatic carbocycles. The van der Waals surface area contributed by atoms with Crippen LogP contribution in [-0.4, -0.2) is 35.9 Å². The molecule has 0 aliphatic carbocycles. The summed E-state index contributed by atoms with van der Waals surface area (Å²) < 4.78 is 10.8. The lowest BCUT2D eigenvalue weighted by atomic mass is 9.97. The van der Waals surface area contributed by atoms with Crippen molar-refractivity contribution in [2.45, 2.75) is 20.4 Å². The van der Waals surface area contributed by atoms with Crippen molar-refractivity contribution in [1.82, 2.24) is 9.88 Å². The van der Waals surface area contributed by atoms with Gasteiger partial charge < -0.3 is 14.8 Å². The van der Waals surface area contributed by atoms with E-state index in [9.17, 15) is 9.59 Å². The standard InChI is InChI=1S/C26H25N3O4/c1-16-5-7-20(17(2)13-16)23-24(28-21-14-19(32-3)6-8-22(21)33-4)26(31)29(25(23)30)15-18-9-11-27-12-10-18/h5-14,28H,15H2,1-4H3. The predicted octanol–water partition coefficient (Wildman–Crippen LogP) is 4.11. The zero-order chi connectivity index (χ0) is 23.5. The van der Waals surface area contributed by atoms with Crippen LogP contribution in [0.3, 0.4) is 0 Å². The van der Waals surface area contributed by atoms with E-state index in [0.29, 0.717) is 28.3 Å². The summed E-state index contributed by atoms with van der Waals surface area (Å²) >= 11 is 0. The number of nitrogens with zero attached hydrogens (tertiary/aromatic N) is 2. The zero-order valence-electron chi connectivity index (χ0n) is 19.0. The van der Waals surface area contributed by atoms with E-state index < -0.39 is 5.91 Å². The molecule has 0 bridgehead atoms. The van der Waals surface area contributed by atoms with E-state index in [4.69, 9.17) is 9.47 Å². The fraction of sp³-hybridized carbons (Fsp3) is 0.192. The molecule has 1 N–H and O–H groups in total. The first-order valence-corrected chi connectivity index (χ1v) is 10.5. The van der Waals surface area contributed by atoms with Gasteiger partial charge in [-0.15, -0.1) is 0 Å². The largest absolute Gasteiger partial charge is 0.497 e. The molecule has 0 saturated heterocycles. The van der Waals surface area contributed by atoms with Crippen LogP contribution in [0.4, 0.5) is 5.69 Å². The first-order valence-electron chi connectivity index (χ1n) is 10.5. The fourth-order valence-electron chi connectivity index (χ4n) is 3.90. The first kappa shape index (κ1) is 22.1. The van der Waals surface area contributed by atoms with Crippen molar-refractivity contribution in [2.24, 2.45) is 0 Å². The Labute approximate surface area is 192 Å². The van der Waals surface area contributed by atoms with E-state index in [-0.39, 0.29) is 18.1 Å². The summed E-state index contributed by atoms with van der Waals surface area (Å²) in [7, 11) is 3.11. The number of aromatic nitrogens is 1. The van der Waals surface area contributed by atoms with Gasteiger partial charge in [-0.1, -0.05) is 23.8 Å². The van der Waals surface area contributed by atoms with Crippen LogP contribution in [0.1, 0.15) is 22.3 Å². The number of amides is 2. The van der Waals surface area contributed by atoms with Gasteiger partial charge in [0.25, 0.3) is 11.8 Å². The Morgan fingerprint density at radius 2 is 1.67 bits per heavy atom. The molecular weight excluding hydrogens is 418 g/mol. The second kappa shape index (κ2) is 9.16. The van der Waals surface area contributed by atoms with Crippen molar-refractivity contribution in [1.29, 1.82) is 0 Å². The van der Waals surface area contributed by atoms with Crippen LogP contribution in [0.25, 0.3) is 5.57 Å². The van der Waals surface area contributed by atoms with Crippen LogP contribution < -0.4 is 14.8 Å². The van der Waals surface area contributed by atoms with E-state index in [2.05, 4.69) is 10.3 Å². The van der Waals surface area contributed by atoms with Crippen LogP contribution in [0.15, 0.2) is 66.6 Å². The molecule has 2 heterocycles. The number of methoxy groups -OCH3 is 2. The average molecular weight is 444 g/mol. The van der Waals surface area contributed by atoms with Crippen LogP contribution in [0, 0.1) is 13.8 Å². The van der Waals surface area contributed by atoms with Crippen LogP contribution in [-0.2, 0) is 16.1 Å². The van der Waals surface area contributed by atoms with Gasteiger partial charge in [0.15, 0.2) is 0 Å². The normalized spacial score (nSPS) is 13.5. The van der Waals surface area contributed by atoms with Gasteiger partial charge in [-0.25, -0.2) is 0 Å². The molecule has 3 aromatic rings. The number of carbonyl (C=O) groups excluding carboxylic acids is 2. The average Bonchev–Trinajstić information content (AvgIpc) is 3.04. The molecule has 0 saturated carbocycles. The van der Waals surface area contributed by atoms with Gasteiger partial charge in [-0.2, -0.15) is 0 Å². The summed E-state index contributed by atoms with van der Waals surface area (Å²) in [5.41, 5.74) is 4.57. The molecular formula is C26H25N3O4. The highest BCUT2D eigenvalue weighted by atomic mass is 16.5. The summed E-state index contributed by atoms with van der Waals surface area (Å²) in [6.45, 7) is 4.07. The highest BCUT2D eigenvalue weighted by Crippen LogP contribution is 2.36. The lowest BCUT2D eigenvalue weighted by molar-refractivity contribution is -0.137. The summed E-state index contributed by atoms with van der Waals surface area (Å²) in [6.07, 6.45) is 3.28. The highest BCUT2D eigenvalue weighted by Gasteiger charge is 2.40. The molecule has 7 nitrogen and oxygen atoms in total. The quantitative estimate of drug-likeness (QED) is 0.554. The Balaban J connectivity index is 1.82. The fourth-order valence-corrected chi connectivity index (χ4v) is 3.90. The molecule has 168 valence electrons. The van der Waals surface area contributed by atoms with Gasteiger partial charge in [0.05, 0.1) is 32.0 Å². The molecule has 1 aliphatic rings. The van der Waals surface area contributed by atoms with E-state index in [0.717, 1.165) is 16.7 Å². The van der Waals surface area contributed by atoms with Gasteiger partial charge in [0.2, 0.25) is 0 Å². The monoisotopic (exact) mass is 443 g/mol. The first-order chi connectivity index (χ1) is 15.9. The second-order valence-electron chi connectivity index (χ2n) is 7.81. The maximum atomic E-state index is 13.6. The van der Waals surface area contributed by atoms with Crippen molar-refractivity contribution in [2.75, 3.05) is 19.5 Å². The molecule has 0 atom stereocenters. The molecule has 7 heteroatoms. The van der Waals surface area contributed by atoms with Crippen LogP contribution in [0.5, 0.6) is 11.5 Å². The number of pyridine rings is 1. The zero-order valence-corrected chi connectivity index (χ0v) is 19.0. The van der Waals surface area contributed by atoms with Gasteiger partial charge in [-0.05, 0) is 54.8 Å². The van der Waals surface area contributed by atoms with Crippen LogP contribution >= 0.6 is 0 Å². The van der Waals surface area contributed by atoms with E-state index >= 15 is 0 Å². The van der Waals surface area contributed by atoms with Gasteiger partial charge >= 0.3 is 0 Å². The molecule has 4 rings (SSSR count). The molecule has 1 aliphatic heterocycles. The third-order valence-corrected chi connectivity index (χ3v) is 5.58. The number of ether oxygens (including phenoxy) is 2. The lowest BCUT2D eigenvalue weighted by Gasteiger charge is -2.16. The van der Waals surface area contributed by atoms with Crippen molar-refractivity contribution in [3.63, 3.8) is 0 Å². The number of hydrogen-bond acceptors (Lipinski definition) is 6. The smallest absolute Gasteiger partial charge is 0.278 e. The Bertz CT molecular complexity index is 1250. The Hall–Kier alpha value is -4.13. The minimum atomic E-state index is -0.406. The van der Waals surface area contributed by atoms with Crippen molar-refractivity contribution < 1.29 is 19.1 Å². The topological polar surface area (TPSA) is 80.8 Å². The maximum absolute atomic E-state index is 13.6. The molecule has 0 spiro atoms. The number of nitrogens with one attached hydrogen (secondary N) is 1. The number of hydrogen-bond donors (Lipinski definition) is 1. The third-order valence-electron chi connectivity index (χ3n) is 5.58. The summed E-state index contributed by atoms with van der Waals surface area (Å²) in [6, 6.07) is 14.6. The van der Waals surface area contributed by atoms with Crippen LogP contribution in [0.2, 0.25) is 0 Å². The van der Waals surface area contributed by atoms with Crippen molar-refractivity contribution in [3.05, 3.63) is 88.9 Å². The number of benzene rings is 2. The number of rotatable bonds is 7. The molecule has 2 amide bonds. The SMILES string of the molecule is COc1ccc(OC)c(NC2=C(c3ccc(C)cc3C)C(=O)N(Cc3ccncc3)C2=O)c1. The lowest BCUT2D eigenvalue weighted by Crippen LogP contribution is -2.32. The number of carbonyl (C=O) groups is 2. The van der Waals surface area contributed by atoms with Gasteiger partial charge in [-0.3, -0.25) is 19.5 Å². The van der Waals surface area contributed by atoms with Crippen molar-refractivity contribution in [3.8, 4) is 11.5 Å². The number of imide groups is 1. The Morgan fingerprint density at radius 3 is 2.33 bits per heavy atom. The number of anilines is 1. The molecule has 0 radical (unpaired) electrons. The Kier molecular flexibility index (Phi) is 6.13. The maximum Gasteiger partial charge on any atom is 0.278 e. The molecule has 0 unspecified atom stereocenters. The molecule has 0 fully saturated rings. The summed E-state index contributed by atoms with van der Waals surface area (Å²) in [4.78, 5) is 32.4. The highest BCUT2D eigenvalue weighted by molar-refractivity contribution is 6.36. The van der Waals surface area contributed by atoms with Gasteiger partial charge in [0, 0.05) is 18.5 Å².